The van der Waals surface area contributed by atoms with E-state index in [1.165, 1.54) is 6.07 Å². The number of rotatable bonds is 3. The number of nitrogens with zero attached hydrogens (tertiary/aromatic N) is 6. The number of halogens is 1. The van der Waals surface area contributed by atoms with Crippen LogP contribution in [0.4, 0.5) is 10.4 Å². The van der Waals surface area contributed by atoms with Crippen molar-refractivity contribution in [1.29, 1.82) is 0 Å². The zero-order valence-corrected chi connectivity index (χ0v) is 15.3. The minimum absolute atomic E-state index is 0.000244. The fourth-order valence-corrected chi connectivity index (χ4v) is 3.89. The van der Waals surface area contributed by atoms with Crippen LogP contribution in [0.5, 0.6) is 0 Å². The summed E-state index contributed by atoms with van der Waals surface area (Å²) in [5.41, 5.74) is 3.02. The largest absolute Gasteiger partial charge is 0.407 e. The summed E-state index contributed by atoms with van der Waals surface area (Å²) in [6.45, 7) is 2.81. The Labute approximate surface area is 159 Å². The van der Waals surface area contributed by atoms with E-state index in [1.54, 1.807) is 29.2 Å². The van der Waals surface area contributed by atoms with Gasteiger partial charge in [0.1, 0.15) is 17.4 Å². The molecule has 142 valence electrons. The van der Waals surface area contributed by atoms with Gasteiger partial charge in [-0.2, -0.15) is 5.10 Å². The van der Waals surface area contributed by atoms with E-state index < -0.39 is 0 Å². The van der Waals surface area contributed by atoms with Gasteiger partial charge in [-0.05, 0) is 31.0 Å². The molecule has 0 saturated heterocycles. The molecule has 1 atom stereocenters. The Morgan fingerprint density at radius 1 is 1.32 bits per heavy atom. The van der Waals surface area contributed by atoms with Gasteiger partial charge in [0.05, 0.1) is 17.7 Å². The first-order chi connectivity index (χ1) is 13.6. The maximum atomic E-state index is 14.2. The zero-order valence-electron chi connectivity index (χ0n) is 15.3. The van der Waals surface area contributed by atoms with Crippen molar-refractivity contribution in [2.24, 2.45) is 0 Å². The van der Waals surface area contributed by atoms with E-state index in [-0.39, 0.29) is 17.3 Å². The highest BCUT2D eigenvalue weighted by molar-refractivity contribution is 5.53. The molecule has 0 bridgehead atoms. The van der Waals surface area contributed by atoms with Crippen LogP contribution < -0.4 is 4.90 Å². The van der Waals surface area contributed by atoms with Gasteiger partial charge in [-0.3, -0.25) is 0 Å². The second kappa shape index (κ2) is 5.40. The number of nitrogens with one attached hydrogen (secondary N) is 1. The first-order valence-electron chi connectivity index (χ1n) is 9.39. The summed E-state index contributed by atoms with van der Waals surface area (Å²) in [6, 6.07) is 4.96. The average Bonchev–Trinajstić information content (AvgIpc) is 3.16. The van der Waals surface area contributed by atoms with Gasteiger partial charge in [-0.25, -0.2) is 13.9 Å². The molecule has 2 aliphatic rings. The molecule has 9 heteroatoms. The number of hydrogen-bond acceptors (Lipinski definition) is 6. The Kier molecular flexibility index (Phi) is 3.05. The van der Waals surface area contributed by atoms with Crippen LogP contribution in [0.25, 0.3) is 5.52 Å². The quantitative estimate of drug-likeness (QED) is 0.589. The van der Waals surface area contributed by atoms with Crippen molar-refractivity contribution < 1.29 is 8.81 Å². The van der Waals surface area contributed by atoms with Crippen LogP contribution in [0.3, 0.4) is 0 Å². The van der Waals surface area contributed by atoms with E-state index in [0.29, 0.717) is 29.7 Å². The number of fused-ring (bicyclic) bond motifs is 2. The Bertz CT molecular complexity index is 1190. The number of anilines is 1. The number of pyridine rings is 1. The molecule has 1 N–H and O–H groups in total. The summed E-state index contributed by atoms with van der Waals surface area (Å²) in [4.78, 5) is 9.74. The van der Waals surface area contributed by atoms with Crippen LogP contribution in [0.1, 0.15) is 48.8 Å². The average molecular weight is 379 g/mol. The first kappa shape index (κ1) is 15.8. The van der Waals surface area contributed by atoms with E-state index in [1.807, 2.05) is 4.90 Å². The van der Waals surface area contributed by atoms with Gasteiger partial charge in [-0.1, -0.05) is 12.0 Å². The van der Waals surface area contributed by atoms with Gasteiger partial charge in [0.25, 0.3) is 0 Å². The van der Waals surface area contributed by atoms with Crippen molar-refractivity contribution in [1.82, 2.24) is 29.8 Å². The summed E-state index contributed by atoms with van der Waals surface area (Å²) in [6.07, 6.45) is 6.32. The monoisotopic (exact) mass is 379 g/mol. The molecule has 1 aliphatic heterocycles. The summed E-state index contributed by atoms with van der Waals surface area (Å²) >= 11 is 0. The van der Waals surface area contributed by atoms with Gasteiger partial charge in [0.2, 0.25) is 5.89 Å². The third-order valence-electron chi connectivity index (χ3n) is 5.85. The highest BCUT2D eigenvalue weighted by Crippen LogP contribution is 2.48. The van der Waals surface area contributed by atoms with Gasteiger partial charge in [-0.15, -0.1) is 5.10 Å². The summed E-state index contributed by atoms with van der Waals surface area (Å²) in [5, 5.41) is 13.2. The maximum Gasteiger partial charge on any atom is 0.319 e. The molecule has 28 heavy (non-hydrogen) atoms. The van der Waals surface area contributed by atoms with E-state index in [2.05, 4.69) is 32.2 Å². The van der Waals surface area contributed by atoms with Crippen LogP contribution in [0.2, 0.25) is 0 Å². The van der Waals surface area contributed by atoms with Crippen molar-refractivity contribution in [3.05, 3.63) is 59.5 Å². The second-order valence-electron chi connectivity index (χ2n) is 7.82. The van der Waals surface area contributed by atoms with E-state index in [4.69, 9.17) is 4.42 Å². The molecule has 0 amide bonds. The van der Waals surface area contributed by atoms with Crippen LogP contribution in [-0.4, -0.2) is 36.3 Å². The number of H-pyrrole nitrogens is 1. The molecule has 4 aromatic rings. The number of hydrogen-bond donors (Lipinski definition) is 1. The minimum Gasteiger partial charge on any atom is -0.407 e. The van der Waals surface area contributed by atoms with Gasteiger partial charge in [0.15, 0.2) is 0 Å². The fourth-order valence-electron chi connectivity index (χ4n) is 3.89. The van der Waals surface area contributed by atoms with Crippen molar-refractivity contribution in [3.8, 4) is 0 Å². The van der Waals surface area contributed by atoms with E-state index >= 15 is 0 Å². The second-order valence-corrected chi connectivity index (χ2v) is 7.82. The summed E-state index contributed by atoms with van der Waals surface area (Å²) in [7, 11) is 0. The zero-order chi connectivity index (χ0) is 18.9. The highest BCUT2D eigenvalue weighted by atomic mass is 19.1. The molecule has 1 unspecified atom stereocenters. The Hall–Kier alpha value is -3.23. The molecule has 1 fully saturated rings. The van der Waals surface area contributed by atoms with Crippen molar-refractivity contribution in [2.45, 2.75) is 37.6 Å². The highest BCUT2D eigenvalue weighted by Gasteiger charge is 2.45. The fraction of sp³-hybridized carbons (Fsp3) is 0.368. The van der Waals surface area contributed by atoms with Crippen LogP contribution in [0, 0.1) is 5.82 Å². The van der Waals surface area contributed by atoms with Gasteiger partial charge < -0.3 is 14.3 Å². The van der Waals surface area contributed by atoms with Crippen LogP contribution in [-0.2, 0) is 11.8 Å². The maximum absolute atomic E-state index is 14.2. The lowest BCUT2D eigenvalue weighted by atomic mass is 10.0. The molecule has 1 aliphatic carbocycles. The number of aromatic nitrogens is 6. The van der Waals surface area contributed by atoms with Gasteiger partial charge >= 0.3 is 6.01 Å². The Morgan fingerprint density at radius 3 is 3.04 bits per heavy atom. The topological polar surface area (TPSA) is 88.1 Å². The van der Waals surface area contributed by atoms with Crippen LogP contribution >= 0.6 is 0 Å². The lowest BCUT2D eigenvalue weighted by Crippen LogP contribution is -2.37. The molecule has 6 rings (SSSR count). The Balaban J connectivity index is 1.48. The molecule has 1 saturated carbocycles. The normalized spacial score (nSPS) is 20.5. The molecular weight excluding hydrogens is 361 g/mol. The molecule has 4 aromatic heterocycles. The molecule has 0 radical (unpaired) electrons. The lowest BCUT2D eigenvalue weighted by Gasteiger charge is -2.32. The van der Waals surface area contributed by atoms with Crippen molar-refractivity contribution >= 4 is 11.5 Å². The van der Waals surface area contributed by atoms with Crippen molar-refractivity contribution in [2.75, 3.05) is 11.4 Å². The predicted octanol–water partition coefficient (Wildman–Crippen LogP) is 2.78. The lowest BCUT2D eigenvalue weighted by molar-refractivity contribution is 0.431. The van der Waals surface area contributed by atoms with Gasteiger partial charge in [0, 0.05) is 30.3 Å². The number of imidazole rings is 1. The molecule has 5 heterocycles. The third kappa shape index (κ3) is 2.22. The predicted molar refractivity (Wildman–Crippen MR) is 97.5 cm³/mol. The number of aromatic amines is 1. The molecule has 0 aromatic carbocycles. The van der Waals surface area contributed by atoms with Crippen LogP contribution in [0.15, 0.2) is 35.1 Å². The Morgan fingerprint density at radius 2 is 2.21 bits per heavy atom. The van der Waals surface area contributed by atoms with E-state index in [0.717, 1.165) is 30.7 Å². The molecular formula is C19H18FN7O. The minimum atomic E-state index is -0.324. The smallest absolute Gasteiger partial charge is 0.319 e. The standard InChI is InChI=1S/C19H18FN7O/c1-19(5-6-19)17-23-24-18(28-17)26-8-4-12-15(22-10-21-12)16(26)13-9-14-11(20)3-2-7-27(14)25-13/h2-3,7,9-10,16H,4-6,8H2,1H3,(H,21,22). The molecule has 8 nitrogen and oxygen atoms in total. The van der Waals surface area contributed by atoms with Crippen molar-refractivity contribution in [3.63, 3.8) is 0 Å². The SMILES string of the molecule is CC1(c2nnc(N3CCc4[nH]cnc4C3c3cc4c(F)cccn4n3)o2)CC1. The summed E-state index contributed by atoms with van der Waals surface area (Å²) in [5.74, 6) is 0.364. The van der Waals surface area contributed by atoms with E-state index in [9.17, 15) is 4.39 Å². The molecule has 0 spiro atoms. The summed E-state index contributed by atoms with van der Waals surface area (Å²) < 4.78 is 21.8. The third-order valence-corrected chi connectivity index (χ3v) is 5.85. The first-order valence-corrected chi connectivity index (χ1v) is 9.39.